The van der Waals surface area contributed by atoms with Gasteiger partial charge >= 0.3 is 0 Å². The Morgan fingerprint density at radius 3 is 2.25 bits per heavy atom. The van der Waals surface area contributed by atoms with Gasteiger partial charge in [-0.05, 0) is 53.8 Å². The fourth-order valence-corrected chi connectivity index (χ4v) is 1.28. The number of hydrogen-bond acceptors (Lipinski definition) is 2. The van der Waals surface area contributed by atoms with E-state index in [1.165, 1.54) is 25.8 Å². The largest absolute Gasteiger partial charge is 0.423 e. The van der Waals surface area contributed by atoms with E-state index in [2.05, 4.69) is 32.8 Å². The summed E-state index contributed by atoms with van der Waals surface area (Å²) in [5.74, 6) is 0. The van der Waals surface area contributed by atoms with Gasteiger partial charge in [-0.15, -0.1) is 0 Å². The summed E-state index contributed by atoms with van der Waals surface area (Å²) < 4.78 is 5.47. The molecule has 0 amide bonds. The van der Waals surface area contributed by atoms with E-state index >= 15 is 0 Å². The highest BCUT2D eigenvalue weighted by Crippen LogP contribution is 2.15. The number of unbranched alkanes of at least 4 members (excludes halogenated alkanes) is 1. The first-order chi connectivity index (χ1) is 5.48. The van der Waals surface area contributed by atoms with E-state index < -0.39 is 0 Å². The van der Waals surface area contributed by atoms with Gasteiger partial charge in [-0.25, -0.2) is 0 Å². The predicted molar refractivity (Wildman–Crippen MR) is 57.5 cm³/mol. The maximum atomic E-state index is 5.47. The smallest absolute Gasteiger partial charge is 0.146 e. The van der Waals surface area contributed by atoms with E-state index in [0.717, 1.165) is 10.5 Å². The van der Waals surface area contributed by atoms with Crippen molar-refractivity contribution in [2.45, 2.75) is 38.7 Å². The number of hydrogen-bond donors (Lipinski definition) is 0. The Bertz CT molecular complexity index is 115. The molecule has 0 saturated carbocycles. The minimum Gasteiger partial charge on any atom is -0.423 e. The van der Waals surface area contributed by atoms with Gasteiger partial charge in [-0.3, -0.25) is 0 Å². The average molecular weight is 189 g/mol. The molecule has 0 N–H and O–H groups in total. The second-order valence-corrected chi connectivity index (χ2v) is 4.63. The molecule has 12 heavy (non-hydrogen) atoms. The fourth-order valence-electron chi connectivity index (χ4n) is 1.08. The van der Waals surface area contributed by atoms with Crippen molar-refractivity contribution in [3.63, 3.8) is 0 Å². The summed E-state index contributed by atoms with van der Waals surface area (Å²) in [6.45, 7) is 5.54. The first-order valence-electron chi connectivity index (χ1n) is 4.68. The van der Waals surface area contributed by atoms with Crippen molar-refractivity contribution < 1.29 is 4.43 Å². The Morgan fingerprint density at radius 2 is 1.83 bits per heavy atom. The molecule has 0 fully saturated rings. The molecule has 0 rings (SSSR count). The molecule has 3 heteroatoms. The molecule has 0 aliphatic rings. The molecule has 0 saturated heterocycles. The third-order valence-electron chi connectivity index (χ3n) is 2.19. The summed E-state index contributed by atoms with van der Waals surface area (Å²) in [6, 6.07) is 0. The van der Waals surface area contributed by atoms with E-state index in [1.54, 1.807) is 0 Å². The molecule has 0 aliphatic carbocycles. The second-order valence-electron chi connectivity index (χ2n) is 4.22. The second kappa shape index (κ2) is 5.73. The van der Waals surface area contributed by atoms with E-state index in [0.29, 0.717) is 0 Å². The summed E-state index contributed by atoms with van der Waals surface area (Å²) in [7, 11) is 5.09. The zero-order chi connectivity index (χ0) is 9.61. The minimum atomic E-state index is 0.124. The predicted octanol–water partition coefficient (Wildman–Crippen LogP) is 0.794. The van der Waals surface area contributed by atoms with Crippen molar-refractivity contribution >= 4 is 10.5 Å². The summed E-state index contributed by atoms with van der Waals surface area (Å²) in [4.78, 5) is 2.23. The van der Waals surface area contributed by atoms with Gasteiger partial charge in [0.2, 0.25) is 0 Å². The van der Waals surface area contributed by atoms with Crippen LogP contribution in [-0.4, -0.2) is 41.6 Å². The SMILES string of the molecule is CN(C)CCCCC(C)(C)O[SiH3]. The monoisotopic (exact) mass is 189 g/mol. The molecule has 0 aromatic carbocycles. The van der Waals surface area contributed by atoms with Crippen molar-refractivity contribution in [2.24, 2.45) is 0 Å². The quantitative estimate of drug-likeness (QED) is 0.452. The molecule has 0 bridgehead atoms. The van der Waals surface area contributed by atoms with Crippen LogP contribution in [0.2, 0.25) is 0 Å². The summed E-state index contributed by atoms with van der Waals surface area (Å²) >= 11 is 0. The Kier molecular flexibility index (Phi) is 5.79. The third-order valence-corrected chi connectivity index (χ3v) is 3.29. The molecular weight excluding hydrogens is 166 g/mol. The molecule has 0 radical (unpaired) electrons. The maximum Gasteiger partial charge on any atom is 0.146 e. The van der Waals surface area contributed by atoms with Gasteiger partial charge in [0.05, 0.1) is 0 Å². The van der Waals surface area contributed by atoms with Crippen LogP contribution in [0.3, 0.4) is 0 Å². The van der Waals surface area contributed by atoms with Crippen LogP contribution in [0.15, 0.2) is 0 Å². The minimum absolute atomic E-state index is 0.124. The van der Waals surface area contributed by atoms with Gasteiger partial charge in [0.15, 0.2) is 0 Å². The lowest BCUT2D eigenvalue weighted by molar-refractivity contribution is 0.108. The molecule has 0 aromatic rings. The summed E-state index contributed by atoms with van der Waals surface area (Å²) in [5.41, 5.74) is 0.124. The van der Waals surface area contributed by atoms with Crippen LogP contribution in [0.25, 0.3) is 0 Å². The molecule has 0 aromatic heterocycles. The number of rotatable bonds is 6. The van der Waals surface area contributed by atoms with E-state index in [9.17, 15) is 0 Å². The lowest BCUT2D eigenvalue weighted by Crippen LogP contribution is -2.23. The summed E-state index contributed by atoms with van der Waals surface area (Å²) in [6.07, 6.45) is 3.74. The molecule has 0 unspecified atom stereocenters. The molecular formula is C9H23NOSi. The zero-order valence-electron chi connectivity index (χ0n) is 9.18. The highest BCUT2D eigenvalue weighted by Gasteiger charge is 2.14. The van der Waals surface area contributed by atoms with Crippen LogP contribution in [0, 0.1) is 0 Å². The molecule has 0 atom stereocenters. The third kappa shape index (κ3) is 6.82. The van der Waals surface area contributed by atoms with Crippen molar-refractivity contribution in [3.05, 3.63) is 0 Å². The van der Waals surface area contributed by atoms with Crippen LogP contribution in [0.5, 0.6) is 0 Å². The molecule has 0 aliphatic heterocycles. The highest BCUT2D eigenvalue weighted by atomic mass is 28.2. The first kappa shape index (κ1) is 12.1. The van der Waals surface area contributed by atoms with Crippen LogP contribution < -0.4 is 0 Å². The highest BCUT2D eigenvalue weighted by molar-refractivity contribution is 5.98. The lowest BCUT2D eigenvalue weighted by Gasteiger charge is -2.23. The topological polar surface area (TPSA) is 12.5 Å². The van der Waals surface area contributed by atoms with E-state index in [4.69, 9.17) is 4.43 Å². The average Bonchev–Trinajstić information content (AvgIpc) is 1.98. The lowest BCUT2D eigenvalue weighted by atomic mass is 10.0. The maximum absolute atomic E-state index is 5.47. The Morgan fingerprint density at radius 1 is 1.25 bits per heavy atom. The van der Waals surface area contributed by atoms with Crippen molar-refractivity contribution in [2.75, 3.05) is 20.6 Å². The van der Waals surface area contributed by atoms with Gasteiger partial charge in [0.25, 0.3) is 0 Å². The Hall–Kier alpha value is 0.137. The van der Waals surface area contributed by atoms with Gasteiger partial charge in [0, 0.05) is 5.60 Å². The van der Waals surface area contributed by atoms with Gasteiger partial charge in [0.1, 0.15) is 10.5 Å². The van der Waals surface area contributed by atoms with E-state index in [-0.39, 0.29) is 5.60 Å². The normalized spacial score (nSPS) is 12.8. The molecule has 0 spiro atoms. The Labute approximate surface area is 79.8 Å². The Balaban J connectivity index is 3.31. The molecule has 0 heterocycles. The van der Waals surface area contributed by atoms with Crippen molar-refractivity contribution in [3.8, 4) is 0 Å². The van der Waals surface area contributed by atoms with Crippen LogP contribution in [-0.2, 0) is 4.43 Å². The first-order valence-corrected chi connectivity index (χ1v) is 5.49. The van der Waals surface area contributed by atoms with Gasteiger partial charge < -0.3 is 9.33 Å². The van der Waals surface area contributed by atoms with Crippen LogP contribution >= 0.6 is 0 Å². The molecule has 2 nitrogen and oxygen atoms in total. The molecule has 74 valence electrons. The zero-order valence-corrected chi connectivity index (χ0v) is 11.2. The van der Waals surface area contributed by atoms with Crippen molar-refractivity contribution in [1.82, 2.24) is 4.90 Å². The van der Waals surface area contributed by atoms with Gasteiger partial charge in [-0.2, -0.15) is 0 Å². The van der Waals surface area contributed by atoms with Crippen LogP contribution in [0.1, 0.15) is 33.1 Å². The standard InChI is InChI=1S/C9H23NOSi/c1-9(2,11-12)7-5-6-8-10(3)4/h5-8H2,1-4,12H3. The van der Waals surface area contributed by atoms with Crippen LogP contribution in [0.4, 0.5) is 0 Å². The van der Waals surface area contributed by atoms with Gasteiger partial charge in [-0.1, -0.05) is 0 Å². The number of nitrogens with zero attached hydrogens (tertiary/aromatic N) is 1. The van der Waals surface area contributed by atoms with E-state index in [1.807, 2.05) is 0 Å². The van der Waals surface area contributed by atoms with Crippen molar-refractivity contribution in [1.29, 1.82) is 0 Å². The fraction of sp³-hybridized carbons (Fsp3) is 1.00. The summed E-state index contributed by atoms with van der Waals surface area (Å²) in [5, 5.41) is 0.